The van der Waals surface area contributed by atoms with Gasteiger partial charge in [0.05, 0.1) is 6.04 Å². The number of nitrogens with zero attached hydrogens (tertiary/aromatic N) is 2. The maximum absolute atomic E-state index is 12.3. The molecular formula is C16H21N3O2. The van der Waals surface area contributed by atoms with Crippen LogP contribution in [0.15, 0.2) is 36.4 Å². The third kappa shape index (κ3) is 3.92. The van der Waals surface area contributed by atoms with Crippen LogP contribution in [-0.2, 0) is 7.05 Å². The molecule has 0 saturated carbocycles. The van der Waals surface area contributed by atoms with Crippen molar-refractivity contribution >= 4 is 5.91 Å². The third-order valence-corrected chi connectivity index (χ3v) is 3.50. The molecule has 0 fully saturated rings. The van der Waals surface area contributed by atoms with E-state index in [1.54, 1.807) is 10.7 Å². The molecule has 5 heteroatoms. The molecule has 21 heavy (non-hydrogen) atoms. The smallest absolute Gasteiger partial charge is 0.272 e. The monoisotopic (exact) mass is 287 g/mol. The van der Waals surface area contributed by atoms with Crippen LogP contribution >= 0.6 is 0 Å². The molecule has 0 radical (unpaired) electrons. The lowest BCUT2D eigenvalue weighted by molar-refractivity contribution is 0.0926. The summed E-state index contributed by atoms with van der Waals surface area (Å²) in [5, 5.41) is 16.2. The standard InChI is InChI=1S/C16H21N3O2/c1-12-11-15(18-19(12)2)16(21)17-14(9-6-10-20)13-7-4-3-5-8-13/h3-5,7-8,11,14,20H,6,9-10H2,1-2H3,(H,17,21). The summed E-state index contributed by atoms with van der Waals surface area (Å²) in [6, 6.07) is 11.4. The van der Waals surface area contributed by atoms with Crippen molar-refractivity contribution < 1.29 is 9.90 Å². The van der Waals surface area contributed by atoms with Gasteiger partial charge in [0.25, 0.3) is 5.91 Å². The number of aliphatic hydroxyl groups is 1. The Hall–Kier alpha value is -2.14. The van der Waals surface area contributed by atoms with Crippen molar-refractivity contribution in [3.63, 3.8) is 0 Å². The Labute approximate surface area is 124 Å². The van der Waals surface area contributed by atoms with Gasteiger partial charge in [0.15, 0.2) is 0 Å². The average Bonchev–Trinajstić information content (AvgIpc) is 2.84. The Morgan fingerprint density at radius 3 is 2.67 bits per heavy atom. The van der Waals surface area contributed by atoms with Gasteiger partial charge in [-0.2, -0.15) is 5.10 Å². The second kappa shape index (κ2) is 7.04. The first-order valence-corrected chi connectivity index (χ1v) is 7.09. The molecule has 1 atom stereocenters. The number of carbonyl (C=O) groups is 1. The third-order valence-electron chi connectivity index (χ3n) is 3.50. The fraction of sp³-hybridized carbons (Fsp3) is 0.375. The molecule has 0 saturated heterocycles. The van der Waals surface area contributed by atoms with Crippen molar-refractivity contribution in [1.29, 1.82) is 0 Å². The second-order valence-corrected chi connectivity index (χ2v) is 5.10. The van der Waals surface area contributed by atoms with Crippen LogP contribution in [0, 0.1) is 6.92 Å². The number of amides is 1. The van der Waals surface area contributed by atoms with Gasteiger partial charge >= 0.3 is 0 Å². The summed E-state index contributed by atoms with van der Waals surface area (Å²) >= 11 is 0. The minimum atomic E-state index is -0.189. The first kappa shape index (κ1) is 15.3. The number of nitrogens with one attached hydrogen (secondary N) is 1. The van der Waals surface area contributed by atoms with Crippen molar-refractivity contribution in [2.45, 2.75) is 25.8 Å². The molecule has 0 aliphatic heterocycles. The average molecular weight is 287 g/mol. The predicted molar refractivity (Wildman–Crippen MR) is 80.9 cm³/mol. The number of carbonyl (C=O) groups excluding carboxylic acids is 1. The highest BCUT2D eigenvalue weighted by Crippen LogP contribution is 2.18. The van der Waals surface area contributed by atoms with E-state index in [9.17, 15) is 4.79 Å². The van der Waals surface area contributed by atoms with E-state index in [-0.39, 0.29) is 18.6 Å². The number of hydrogen-bond donors (Lipinski definition) is 2. The zero-order valence-electron chi connectivity index (χ0n) is 12.4. The summed E-state index contributed by atoms with van der Waals surface area (Å²) in [7, 11) is 1.81. The number of benzene rings is 1. The molecule has 0 spiro atoms. The van der Waals surface area contributed by atoms with E-state index in [0.29, 0.717) is 18.5 Å². The van der Waals surface area contributed by atoms with Gasteiger partial charge in [-0.1, -0.05) is 30.3 Å². The number of aryl methyl sites for hydroxylation is 2. The largest absolute Gasteiger partial charge is 0.396 e. The van der Waals surface area contributed by atoms with Crippen molar-refractivity contribution in [2.75, 3.05) is 6.61 Å². The number of rotatable bonds is 6. The Bertz CT molecular complexity index is 573. The van der Waals surface area contributed by atoms with Gasteiger partial charge in [-0.15, -0.1) is 0 Å². The quantitative estimate of drug-likeness (QED) is 0.853. The molecular weight excluding hydrogens is 266 g/mol. The van der Waals surface area contributed by atoms with Gasteiger partial charge in [-0.05, 0) is 31.4 Å². The lowest BCUT2D eigenvalue weighted by atomic mass is 10.0. The Morgan fingerprint density at radius 1 is 1.38 bits per heavy atom. The Balaban J connectivity index is 2.13. The fourth-order valence-electron chi connectivity index (χ4n) is 2.21. The molecule has 1 aromatic carbocycles. The molecule has 112 valence electrons. The highest BCUT2D eigenvalue weighted by molar-refractivity contribution is 5.92. The summed E-state index contributed by atoms with van der Waals surface area (Å²) in [6.45, 7) is 2.02. The van der Waals surface area contributed by atoms with Gasteiger partial charge in [0.1, 0.15) is 5.69 Å². The lowest BCUT2D eigenvalue weighted by Crippen LogP contribution is -2.29. The minimum absolute atomic E-state index is 0.113. The zero-order chi connectivity index (χ0) is 15.2. The van der Waals surface area contributed by atoms with Crippen LogP contribution in [0.2, 0.25) is 0 Å². The first-order chi connectivity index (χ1) is 10.1. The summed E-state index contributed by atoms with van der Waals surface area (Å²) < 4.78 is 1.68. The predicted octanol–water partition coefficient (Wildman–Crippen LogP) is 1.97. The lowest BCUT2D eigenvalue weighted by Gasteiger charge is -2.18. The highest BCUT2D eigenvalue weighted by Gasteiger charge is 2.17. The van der Waals surface area contributed by atoms with Crippen LogP contribution in [-0.4, -0.2) is 27.4 Å². The van der Waals surface area contributed by atoms with Crippen LogP contribution < -0.4 is 5.32 Å². The van der Waals surface area contributed by atoms with Crippen molar-refractivity contribution in [2.24, 2.45) is 7.05 Å². The van der Waals surface area contributed by atoms with E-state index in [1.807, 2.05) is 44.3 Å². The SMILES string of the molecule is Cc1cc(C(=O)NC(CCCO)c2ccccc2)nn1C. The molecule has 2 rings (SSSR count). The van der Waals surface area contributed by atoms with E-state index in [4.69, 9.17) is 5.11 Å². The molecule has 0 bridgehead atoms. The van der Waals surface area contributed by atoms with Gasteiger partial charge in [-0.25, -0.2) is 0 Å². The van der Waals surface area contributed by atoms with Crippen LogP contribution in [0.3, 0.4) is 0 Å². The molecule has 0 aliphatic rings. The Morgan fingerprint density at radius 2 is 2.10 bits per heavy atom. The van der Waals surface area contributed by atoms with Crippen molar-refractivity contribution in [1.82, 2.24) is 15.1 Å². The van der Waals surface area contributed by atoms with Gasteiger partial charge in [0, 0.05) is 19.3 Å². The summed E-state index contributed by atoms with van der Waals surface area (Å²) in [4.78, 5) is 12.3. The van der Waals surface area contributed by atoms with Crippen LogP contribution in [0.5, 0.6) is 0 Å². The maximum atomic E-state index is 12.3. The van der Waals surface area contributed by atoms with Crippen molar-refractivity contribution in [3.05, 3.63) is 53.3 Å². The van der Waals surface area contributed by atoms with Gasteiger partial charge in [-0.3, -0.25) is 9.48 Å². The van der Waals surface area contributed by atoms with E-state index < -0.39 is 0 Å². The Kier molecular flexibility index (Phi) is 5.11. The number of hydrogen-bond acceptors (Lipinski definition) is 3. The molecule has 1 heterocycles. The van der Waals surface area contributed by atoms with Gasteiger partial charge < -0.3 is 10.4 Å². The molecule has 1 aromatic heterocycles. The van der Waals surface area contributed by atoms with E-state index in [1.165, 1.54) is 0 Å². The topological polar surface area (TPSA) is 67.2 Å². The molecule has 5 nitrogen and oxygen atoms in total. The van der Waals surface area contributed by atoms with Crippen LogP contribution in [0.4, 0.5) is 0 Å². The highest BCUT2D eigenvalue weighted by atomic mass is 16.3. The van der Waals surface area contributed by atoms with Crippen LogP contribution in [0.1, 0.15) is 40.6 Å². The normalized spacial score (nSPS) is 12.1. The molecule has 2 N–H and O–H groups in total. The summed E-state index contributed by atoms with van der Waals surface area (Å²) in [6.07, 6.45) is 1.33. The van der Waals surface area contributed by atoms with E-state index >= 15 is 0 Å². The maximum Gasteiger partial charge on any atom is 0.272 e. The number of aromatic nitrogens is 2. The summed E-state index contributed by atoms with van der Waals surface area (Å²) in [5.41, 5.74) is 2.39. The first-order valence-electron chi connectivity index (χ1n) is 7.09. The summed E-state index contributed by atoms with van der Waals surface area (Å²) in [5.74, 6) is -0.189. The molecule has 1 unspecified atom stereocenters. The number of aliphatic hydroxyl groups excluding tert-OH is 1. The minimum Gasteiger partial charge on any atom is -0.396 e. The van der Waals surface area contributed by atoms with E-state index in [2.05, 4.69) is 10.4 Å². The molecule has 0 aliphatic carbocycles. The second-order valence-electron chi connectivity index (χ2n) is 5.10. The molecule has 2 aromatic rings. The van der Waals surface area contributed by atoms with Gasteiger partial charge in [0.2, 0.25) is 0 Å². The fourth-order valence-corrected chi connectivity index (χ4v) is 2.21. The molecule has 1 amide bonds. The zero-order valence-corrected chi connectivity index (χ0v) is 12.4. The van der Waals surface area contributed by atoms with Crippen molar-refractivity contribution in [3.8, 4) is 0 Å². The van der Waals surface area contributed by atoms with E-state index in [0.717, 1.165) is 11.3 Å². The van der Waals surface area contributed by atoms with Crippen LogP contribution in [0.25, 0.3) is 0 Å².